The number of halogens is 1. The molecular formula is C32H38FN3O3. The highest BCUT2D eigenvalue weighted by Crippen LogP contribution is 2.29. The molecule has 2 aliphatic rings. The van der Waals surface area contributed by atoms with Crippen LogP contribution < -0.4 is 5.32 Å². The molecule has 2 atom stereocenters. The number of aromatic nitrogens is 1. The van der Waals surface area contributed by atoms with Crippen LogP contribution in [0.15, 0.2) is 60.7 Å². The minimum atomic E-state index is -0.916. The van der Waals surface area contributed by atoms with E-state index >= 15 is 0 Å². The minimum absolute atomic E-state index is 0.104. The number of carbonyl (C=O) groups is 1. The van der Waals surface area contributed by atoms with Gasteiger partial charge in [-0.2, -0.15) is 0 Å². The summed E-state index contributed by atoms with van der Waals surface area (Å²) in [7, 11) is 0. The lowest BCUT2D eigenvalue weighted by molar-refractivity contribution is -0.139. The van der Waals surface area contributed by atoms with Gasteiger partial charge < -0.3 is 20.1 Å². The predicted octanol–water partition coefficient (Wildman–Crippen LogP) is 5.92. The van der Waals surface area contributed by atoms with Crippen LogP contribution in [0.2, 0.25) is 0 Å². The topological polar surface area (TPSA) is 74.7 Å². The number of pyridine rings is 1. The van der Waals surface area contributed by atoms with Crippen molar-refractivity contribution >= 4 is 11.8 Å². The van der Waals surface area contributed by atoms with Crippen LogP contribution in [0.3, 0.4) is 0 Å². The van der Waals surface area contributed by atoms with Crippen LogP contribution in [0.25, 0.3) is 11.1 Å². The van der Waals surface area contributed by atoms with E-state index < -0.39 is 11.9 Å². The van der Waals surface area contributed by atoms with E-state index in [1.54, 1.807) is 12.1 Å². The Hall–Kier alpha value is -3.29. The van der Waals surface area contributed by atoms with Crippen LogP contribution in [0.4, 0.5) is 10.2 Å². The normalized spacial score (nSPS) is 18.2. The summed E-state index contributed by atoms with van der Waals surface area (Å²) in [4.78, 5) is 19.4. The van der Waals surface area contributed by atoms with Crippen molar-refractivity contribution in [1.82, 2.24) is 9.88 Å². The Morgan fingerprint density at radius 3 is 2.87 bits per heavy atom. The number of hydrogen-bond acceptors (Lipinski definition) is 5. The lowest BCUT2D eigenvalue weighted by atomic mass is 9.92. The summed E-state index contributed by atoms with van der Waals surface area (Å²) in [6, 6.07) is 18.2. The molecule has 2 N–H and O–H groups in total. The molecule has 0 unspecified atom stereocenters. The number of carboxylic acids is 1. The second kappa shape index (κ2) is 13.2. The first-order chi connectivity index (χ1) is 19.1. The molecule has 2 aliphatic heterocycles. The van der Waals surface area contributed by atoms with Crippen molar-refractivity contribution in [3.8, 4) is 11.1 Å². The number of benzene rings is 2. The third-order valence-electron chi connectivity index (χ3n) is 7.86. The quantitative estimate of drug-likeness (QED) is 0.320. The number of nitrogens with zero attached hydrogens (tertiary/aromatic N) is 2. The average Bonchev–Trinajstić information content (AvgIpc) is 2.96. The minimum Gasteiger partial charge on any atom is -0.481 e. The molecule has 3 heterocycles. The smallest absolute Gasteiger partial charge is 0.311 e. The van der Waals surface area contributed by atoms with Crippen LogP contribution in [0.5, 0.6) is 0 Å². The van der Waals surface area contributed by atoms with Gasteiger partial charge in [0.2, 0.25) is 0 Å². The van der Waals surface area contributed by atoms with Gasteiger partial charge in [-0.15, -0.1) is 0 Å². The van der Waals surface area contributed by atoms with E-state index in [0.717, 1.165) is 75.4 Å². The van der Waals surface area contributed by atoms with Crippen molar-refractivity contribution in [3.05, 3.63) is 83.3 Å². The molecule has 206 valence electrons. The summed E-state index contributed by atoms with van der Waals surface area (Å²) in [5.74, 6) is -0.958. The molecular weight excluding hydrogens is 493 g/mol. The molecule has 3 aromatic rings. The first-order valence-corrected chi connectivity index (χ1v) is 14.2. The van der Waals surface area contributed by atoms with Gasteiger partial charge in [0.15, 0.2) is 0 Å². The van der Waals surface area contributed by atoms with Crippen LogP contribution in [0, 0.1) is 5.82 Å². The monoisotopic (exact) mass is 531 g/mol. The van der Waals surface area contributed by atoms with E-state index in [2.05, 4.69) is 22.3 Å². The number of piperidine rings is 1. The molecule has 7 heteroatoms. The van der Waals surface area contributed by atoms with Crippen molar-refractivity contribution in [2.45, 2.75) is 57.0 Å². The van der Waals surface area contributed by atoms with Gasteiger partial charge in [0, 0.05) is 31.0 Å². The molecule has 2 aromatic carbocycles. The fourth-order valence-electron chi connectivity index (χ4n) is 5.73. The number of ether oxygens (including phenoxy) is 1. The molecule has 0 spiro atoms. The number of likely N-dealkylation sites (tertiary alicyclic amines) is 1. The van der Waals surface area contributed by atoms with Crippen molar-refractivity contribution in [1.29, 1.82) is 0 Å². The van der Waals surface area contributed by atoms with Crippen LogP contribution in [0.1, 0.15) is 54.8 Å². The summed E-state index contributed by atoms with van der Waals surface area (Å²) in [6.45, 7) is 4.30. The maximum atomic E-state index is 14.5. The lowest BCUT2D eigenvalue weighted by Crippen LogP contribution is -2.40. The van der Waals surface area contributed by atoms with Gasteiger partial charge in [-0.1, -0.05) is 42.5 Å². The van der Waals surface area contributed by atoms with Gasteiger partial charge in [-0.25, -0.2) is 9.37 Å². The molecule has 1 aromatic heterocycles. The number of anilines is 1. The summed E-state index contributed by atoms with van der Waals surface area (Å²) in [6.07, 6.45) is 6.80. The Morgan fingerprint density at radius 2 is 2.03 bits per heavy atom. The molecule has 0 saturated carbocycles. The number of carboxylic acid groups (broad SMARTS) is 1. The Bertz CT molecular complexity index is 1250. The molecule has 0 radical (unpaired) electrons. The van der Waals surface area contributed by atoms with Gasteiger partial charge in [0.05, 0.1) is 12.0 Å². The lowest BCUT2D eigenvalue weighted by Gasteiger charge is -2.32. The number of aliphatic carboxylic acids is 1. The largest absolute Gasteiger partial charge is 0.481 e. The number of fused-ring (bicyclic) bond motifs is 1. The second-order valence-corrected chi connectivity index (χ2v) is 10.7. The summed E-state index contributed by atoms with van der Waals surface area (Å²) >= 11 is 0. The third kappa shape index (κ3) is 7.22. The van der Waals surface area contributed by atoms with E-state index in [1.165, 1.54) is 18.1 Å². The fourth-order valence-corrected chi connectivity index (χ4v) is 5.73. The maximum absolute atomic E-state index is 14.5. The zero-order valence-corrected chi connectivity index (χ0v) is 22.4. The Labute approximate surface area is 230 Å². The maximum Gasteiger partial charge on any atom is 0.311 e. The highest BCUT2D eigenvalue weighted by atomic mass is 19.1. The van der Waals surface area contributed by atoms with Gasteiger partial charge >= 0.3 is 5.97 Å². The molecule has 39 heavy (non-hydrogen) atoms. The van der Waals surface area contributed by atoms with Gasteiger partial charge in [-0.05, 0) is 92.9 Å². The highest BCUT2D eigenvalue weighted by Gasteiger charge is 2.24. The van der Waals surface area contributed by atoms with Gasteiger partial charge in [-0.3, -0.25) is 4.79 Å². The Morgan fingerprint density at radius 1 is 1.15 bits per heavy atom. The second-order valence-electron chi connectivity index (χ2n) is 10.7. The summed E-state index contributed by atoms with van der Waals surface area (Å²) < 4.78 is 20.7. The van der Waals surface area contributed by atoms with Gasteiger partial charge in [0.25, 0.3) is 0 Å². The molecule has 1 fully saturated rings. The van der Waals surface area contributed by atoms with Gasteiger partial charge in [0.1, 0.15) is 11.6 Å². The van der Waals surface area contributed by atoms with E-state index in [0.29, 0.717) is 24.2 Å². The average molecular weight is 532 g/mol. The van der Waals surface area contributed by atoms with E-state index in [-0.39, 0.29) is 11.9 Å². The molecule has 5 rings (SSSR count). The molecule has 6 nitrogen and oxygen atoms in total. The molecule has 0 amide bonds. The number of aryl methyl sites for hydroxylation is 2. The number of rotatable bonds is 11. The van der Waals surface area contributed by atoms with E-state index in [9.17, 15) is 14.3 Å². The third-order valence-corrected chi connectivity index (χ3v) is 7.86. The molecule has 0 aliphatic carbocycles. The molecule has 0 bridgehead atoms. The standard InChI is InChI=1S/C32H38FN3O3/c33-30-15-13-25(21-29(30)23-7-2-1-3-8-23)28(32(37)38)16-20-39-27-11-6-19-36(22-27)18-5-10-26-14-12-24-9-4-17-34-31(24)35-26/h1-3,7-8,12-15,21,27-28H,4-6,9-11,16-20,22H2,(H,34,35)(H,37,38)/t27-,28+/m1/s1. The number of hydrogen-bond donors (Lipinski definition) is 2. The van der Waals surface area contributed by atoms with Crippen molar-refractivity contribution in [3.63, 3.8) is 0 Å². The summed E-state index contributed by atoms with van der Waals surface area (Å²) in [5, 5.41) is 13.3. The first-order valence-electron chi connectivity index (χ1n) is 14.2. The number of nitrogens with one attached hydrogen (secondary N) is 1. The van der Waals surface area contributed by atoms with E-state index in [1.807, 2.05) is 30.3 Å². The fraction of sp³-hybridized carbons (Fsp3) is 0.438. The van der Waals surface area contributed by atoms with Crippen molar-refractivity contribution in [2.75, 3.05) is 38.1 Å². The zero-order valence-electron chi connectivity index (χ0n) is 22.4. The van der Waals surface area contributed by atoms with Crippen LogP contribution in [-0.4, -0.2) is 59.8 Å². The Balaban J connectivity index is 1.10. The summed E-state index contributed by atoms with van der Waals surface area (Å²) in [5.41, 5.74) is 4.22. The van der Waals surface area contributed by atoms with E-state index in [4.69, 9.17) is 9.72 Å². The predicted molar refractivity (Wildman–Crippen MR) is 152 cm³/mol. The SMILES string of the molecule is O=C(O)[C@@H](CCO[C@@H]1CCCN(CCCc2ccc3c(n2)NCCC3)C1)c1ccc(F)c(-c2ccccc2)c1. The van der Waals surface area contributed by atoms with Crippen molar-refractivity contribution < 1.29 is 19.0 Å². The highest BCUT2D eigenvalue weighted by molar-refractivity contribution is 5.77. The molecule has 1 saturated heterocycles. The van der Waals surface area contributed by atoms with Crippen LogP contribution >= 0.6 is 0 Å². The Kier molecular flexibility index (Phi) is 9.22. The first kappa shape index (κ1) is 27.3. The van der Waals surface area contributed by atoms with Crippen molar-refractivity contribution in [2.24, 2.45) is 0 Å². The zero-order chi connectivity index (χ0) is 27.0. The van der Waals surface area contributed by atoms with Crippen LogP contribution in [-0.2, 0) is 22.4 Å².